The summed E-state index contributed by atoms with van der Waals surface area (Å²) < 4.78 is 4.81. The lowest BCUT2D eigenvalue weighted by atomic mass is 9.82. The average molecular weight is 235 g/mol. The monoisotopic (exact) mass is 235 g/mol. The Morgan fingerprint density at radius 1 is 1.29 bits per heavy atom. The van der Waals surface area contributed by atoms with Gasteiger partial charge in [0, 0.05) is 13.5 Å². The molecule has 92 valence electrons. The van der Waals surface area contributed by atoms with Crippen molar-refractivity contribution in [1.29, 1.82) is 0 Å². The number of hydrogen-bond donors (Lipinski definition) is 1. The highest BCUT2D eigenvalue weighted by Gasteiger charge is 2.36. The van der Waals surface area contributed by atoms with Crippen LogP contribution in [-0.4, -0.2) is 25.5 Å². The quantitative estimate of drug-likeness (QED) is 0.799. The number of ether oxygens (including phenoxy) is 1. The van der Waals surface area contributed by atoms with Gasteiger partial charge in [-0.05, 0) is 12.5 Å². The molecule has 1 atom stereocenters. The van der Waals surface area contributed by atoms with E-state index >= 15 is 0 Å². The highest BCUT2D eigenvalue weighted by molar-refractivity contribution is 5.84. The summed E-state index contributed by atoms with van der Waals surface area (Å²) in [6.45, 7) is 3.39. The van der Waals surface area contributed by atoms with E-state index in [-0.39, 0.29) is 18.4 Å². The molecule has 4 nitrogen and oxygen atoms in total. The summed E-state index contributed by atoms with van der Waals surface area (Å²) in [6.07, 6.45) is 0. The Labute approximate surface area is 101 Å². The number of carbonyl (C=O) groups excluding carboxylic acids is 2. The molecule has 0 bridgehead atoms. The van der Waals surface area contributed by atoms with Crippen molar-refractivity contribution in [2.45, 2.75) is 19.3 Å². The summed E-state index contributed by atoms with van der Waals surface area (Å²) in [5, 5.41) is 2.66. The fourth-order valence-electron chi connectivity index (χ4n) is 1.62. The number of hydrogen-bond acceptors (Lipinski definition) is 3. The average Bonchev–Trinajstić information content (AvgIpc) is 2.36. The van der Waals surface area contributed by atoms with Gasteiger partial charge in [-0.2, -0.15) is 0 Å². The van der Waals surface area contributed by atoms with E-state index in [1.807, 2.05) is 30.3 Å². The van der Waals surface area contributed by atoms with Crippen LogP contribution in [0.5, 0.6) is 0 Å². The van der Waals surface area contributed by atoms with Crippen LogP contribution in [0.15, 0.2) is 30.3 Å². The van der Waals surface area contributed by atoms with E-state index in [4.69, 9.17) is 4.74 Å². The Morgan fingerprint density at radius 3 is 2.35 bits per heavy atom. The minimum absolute atomic E-state index is 0.170. The maximum atomic E-state index is 11.9. The normalized spacial score (nSPS) is 13.6. The summed E-state index contributed by atoms with van der Waals surface area (Å²) in [7, 11) is 1.34. The summed E-state index contributed by atoms with van der Waals surface area (Å²) in [4.78, 5) is 22.8. The lowest BCUT2D eigenvalue weighted by Crippen LogP contribution is -2.44. The standard InChI is InChI=1S/C13H17NO3/c1-10(15)14-9-13(2,12(16)17-3)11-7-5-4-6-8-11/h4-8H,9H2,1-3H3,(H,14,15). The second kappa shape index (κ2) is 5.48. The highest BCUT2D eigenvalue weighted by atomic mass is 16.5. The van der Waals surface area contributed by atoms with Crippen molar-refractivity contribution < 1.29 is 14.3 Å². The molecular formula is C13H17NO3. The third kappa shape index (κ3) is 3.06. The predicted molar refractivity (Wildman–Crippen MR) is 64.5 cm³/mol. The maximum Gasteiger partial charge on any atom is 0.317 e. The van der Waals surface area contributed by atoms with E-state index in [0.717, 1.165) is 5.56 Å². The van der Waals surface area contributed by atoms with Gasteiger partial charge in [0.15, 0.2) is 0 Å². The molecule has 0 aromatic heterocycles. The van der Waals surface area contributed by atoms with Gasteiger partial charge in [0.05, 0.1) is 7.11 Å². The van der Waals surface area contributed by atoms with Crippen molar-refractivity contribution in [3.8, 4) is 0 Å². The summed E-state index contributed by atoms with van der Waals surface area (Å²) in [6, 6.07) is 9.27. The molecule has 0 saturated heterocycles. The molecule has 1 rings (SSSR count). The van der Waals surface area contributed by atoms with Crippen molar-refractivity contribution in [3.05, 3.63) is 35.9 Å². The lowest BCUT2D eigenvalue weighted by molar-refractivity contribution is -0.146. The summed E-state index contributed by atoms with van der Waals surface area (Å²) >= 11 is 0. The van der Waals surface area contributed by atoms with Gasteiger partial charge in [-0.25, -0.2) is 0 Å². The van der Waals surface area contributed by atoms with Gasteiger partial charge in [-0.1, -0.05) is 30.3 Å². The Hall–Kier alpha value is -1.84. The fraction of sp³-hybridized carbons (Fsp3) is 0.385. The van der Waals surface area contributed by atoms with Crippen LogP contribution in [0.25, 0.3) is 0 Å². The van der Waals surface area contributed by atoms with E-state index in [1.165, 1.54) is 14.0 Å². The van der Waals surface area contributed by atoms with E-state index in [1.54, 1.807) is 6.92 Å². The summed E-state index contributed by atoms with van der Waals surface area (Å²) in [5.74, 6) is -0.534. The number of esters is 1. The van der Waals surface area contributed by atoms with E-state index in [2.05, 4.69) is 5.32 Å². The van der Waals surface area contributed by atoms with Gasteiger partial charge < -0.3 is 10.1 Å². The smallest absolute Gasteiger partial charge is 0.317 e. The second-order valence-electron chi connectivity index (χ2n) is 4.10. The molecule has 1 aromatic rings. The Kier molecular flexibility index (Phi) is 4.26. The first-order valence-corrected chi connectivity index (χ1v) is 5.39. The van der Waals surface area contributed by atoms with Gasteiger partial charge in [0.25, 0.3) is 0 Å². The third-order valence-electron chi connectivity index (χ3n) is 2.74. The number of methoxy groups -OCH3 is 1. The van der Waals surface area contributed by atoms with Crippen molar-refractivity contribution in [1.82, 2.24) is 5.32 Å². The molecule has 1 aromatic carbocycles. The molecule has 0 spiro atoms. The highest BCUT2D eigenvalue weighted by Crippen LogP contribution is 2.24. The topological polar surface area (TPSA) is 55.4 Å². The third-order valence-corrected chi connectivity index (χ3v) is 2.74. The molecular weight excluding hydrogens is 218 g/mol. The molecule has 0 saturated carbocycles. The molecule has 0 radical (unpaired) electrons. The first kappa shape index (κ1) is 13.2. The zero-order valence-corrected chi connectivity index (χ0v) is 10.3. The van der Waals surface area contributed by atoms with Crippen molar-refractivity contribution in [3.63, 3.8) is 0 Å². The van der Waals surface area contributed by atoms with Crippen LogP contribution in [0.3, 0.4) is 0 Å². The SMILES string of the molecule is COC(=O)C(C)(CNC(C)=O)c1ccccc1. The van der Waals surface area contributed by atoms with Crippen LogP contribution in [0.2, 0.25) is 0 Å². The molecule has 0 aliphatic rings. The molecule has 0 heterocycles. The number of benzene rings is 1. The molecule has 17 heavy (non-hydrogen) atoms. The van der Waals surface area contributed by atoms with Crippen molar-refractivity contribution >= 4 is 11.9 Å². The van der Waals surface area contributed by atoms with Gasteiger partial charge in [0.1, 0.15) is 5.41 Å². The minimum atomic E-state index is -0.859. The van der Waals surface area contributed by atoms with E-state index in [0.29, 0.717) is 0 Å². The van der Waals surface area contributed by atoms with E-state index in [9.17, 15) is 9.59 Å². The van der Waals surface area contributed by atoms with Gasteiger partial charge in [-0.15, -0.1) is 0 Å². The lowest BCUT2D eigenvalue weighted by Gasteiger charge is -2.27. The van der Waals surface area contributed by atoms with Crippen LogP contribution < -0.4 is 5.32 Å². The fourth-order valence-corrected chi connectivity index (χ4v) is 1.62. The number of rotatable bonds is 4. The van der Waals surface area contributed by atoms with Crippen LogP contribution in [0.4, 0.5) is 0 Å². The molecule has 4 heteroatoms. The first-order valence-electron chi connectivity index (χ1n) is 5.39. The molecule has 1 unspecified atom stereocenters. The molecule has 0 fully saturated rings. The van der Waals surface area contributed by atoms with E-state index < -0.39 is 5.41 Å². The predicted octanol–water partition coefficient (Wildman–Crippen LogP) is 1.25. The molecule has 0 aliphatic carbocycles. The first-order chi connectivity index (χ1) is 8.00. The maximum absolute atomic E-state index is 11.9. The largest absolute Gasteiger partial charge is 0.468 e. The summed E-state index contributed by atoms with van der Waals surface area (Å²) in [5.41, 5.74) is -0.0394. The van der Waals surface area contributed by atoms with Crippen LogP contribution in [-0.2, 0) is 19.7 Å². The Bertz CT molecular complexity index is 402. The molecule has 1 amide bonds. The number of nitrogens with one attached hydrogen (secondary N) is 1. The van der Waals surface area contributed by atoms with Gasteiger partial charge >= 0.3 is 5.97 Å². The van der Waals surface area contributed by atoms with Crippen LogP contribution in [0, 0.1) is 0 Å². The van der Waals surface area contributed by atoms with Gasteiger partial charge in [-0.3, -0.25) is 9.59 Å². The zero-order chi connectivity index (χ0) is 12.9. The van der Waals surface area contributed by atoms with Crippen molar-refractivity contribution in [2.75, 3.05) is 13.7 Å². The zero-order valence-electron chi connectivity index (χ0n) is 10.3. The Morgan fingerprint density at radius 2 is 1.88 bits per heavy atom. The molecule has 1 N–H and O–H groups in total. The van der Waals surface area contributed by atoms with Gasteiger partial charge in [0.2, 0.25) is 5.91 Å². The Balaban J connectivity index is 3.02. The number of carbonyl (C=O) groups is 2. The number of amides is 1. The second-order valence-corrected chi connectivity index (χ2v) is 4.10. The minimum Gasteiger partial charge on any atom is -0.468 e. The van der Waals surface area contributed by atoms with Crippen LogP contribution >= 0.6 is 0 Å². The van der Waals surface area contributed by atoms with Crippen molar-refractivity contribution in [2.24, 2.45) is 0 Å². The van der Waals surface area contributed by atoms with Crippen LogP contribution in [0.1, 0.15) is 19.4 Å². The molecule has 0 aliphatic heterocycles.